The molecule has 2 rings (SSSR count). The topological polar surface area (TPSA) is 58.6 Å². The number of ether oxygens (including phenoxy) is 1. The van der Waals surface area contributed by atoms with Crippen LogP contribution in [0.15, 0.2) is 48.5 Å². The first kappa shape index (κ1) is 15.1. The average molecular weight is 285 g/mol. The van der Waals surface area contributed by atoms with E-state index in [1.807, 2.05) is 31.2 Å². The van der Waals surface area contributed by atoms with Crippen molar-refractivity contribution in [3.63, 3.8) is 0 Å². The van der Waals surface area contributed by atoms with E-state index in [0.29, 0.717) is 5.69 Å². The summed E-state index contributed by atoms with van der Waals surface area (Å²) in [5, 5.41) is 12.8. The lowest BCUT2D eigenvalue weighted by Gasteiger charge is -2.12. The summed E-state index contributed by atoms with van der Waals surface area (Å²) in [5.74, 6) is 0.549. The molecule has 0 aliphatic rings. The number of carbonyl (C=O) groups is 1. The van der Waals surface area contributed by atoms with Gasteiger partial charge in [-0.1, -0.05) is 30.3 Å². The van der Waals surface area contributed by atoms with Crippen LogP contribution in [0.2, 0.25) is 0 Å². The van der Waals surface area contributed by atoms with Gasteiger partial charge in [0.05, 0.1) is 19.6 Å². The zero-order chi connectivity index (χ0) is 15.2. The fourth-order valence-corrected chi connectivity index (χ4v) is 2.14. The first-order chi connectivity index (χ1) is 10.1. The van der Waals surface area contributed by atoms with E-state index in [9.17, 15) is 9.90 Å². The number of amides is 1. The van der Waals surface area contributed by atoms with E-state index in [2.05, 4.69) is 5.32 Å². The van der Waals surface area contributed by atoms with Gasteiger partial charge in [-0.2, -0.15) is 0 Å². The molecule has 0 saturated heterocycles. The van der Waals surface area contributed by atoms with Crippen molar-refractivity contribution in [3.8, 4) is 5.75 Å². The molecular weight excluding hydrogens is 266 g/mol. The summed E-state index contributed by atoms with van der Waals surface area (Å²) in [4.78, 5) is 12.0. The molecule has 21 heavy (non-hydrogen) atoms. The summed E-state index contributed by atoms with van der Waals surface area (Å²) in [6, 6.07) is 14.6. The van der Waals surface area contributed by atoms with E-state index in [-0.39, 0.29) is 12.3 Å². The number of nitrogens with one attached hydrogen (secondary N) is 1. The highest BCUT2D eigenvalue weighted by molar-refractivity contribution is 5.91. The number of aliphatic hydroxyl groups excluding tert-OH is 1. The molecule has 110 valence electrons. The van der Waals surface area contributed by atoms with Crippen LogP contribution in [0.3, 0.4) is 0 Å². The van der Waals surface area contributed by atoms with Gasteiger partial charge in [-0.25, -0.2) is 0 Å². The first-order valence-corrected chi connectivity index (χ1v) is 6.77. The van der Waals surface area contributed by atoms with E-state index in [4.69, 9.17) is 4.74 Å². The number of hydrogen-bond acceptors (Lipinski definition) is 3. The largest absolute Gasteiger partial charge is 0.496 e. The number of rotatable bonds is 5. The fourth-order valence-electron chi connectivity index (χ4n) is 2.14. The average Bonchev–Trinajstić information content (AvgIpc) is 2.48. The molecule has 0 aromatic heterocycles. The maximum absolute atomic E-state index is 12.0. The van der Waals surface area contributed by atoms with Gasteiger partial charge in [0.2, 0.25) is 5.91 Å². The third-order valence-corrected chi connectivity index (χ3v) is 3.24. The fraction of sp³-hybridized carbons (Fsp3) is 0.235. The molecule has 2 aromatic carbocycles. The molecule has 0 radical (unpaired) electrons. The van der Waals surface area contributed by atoms with Crippen molar-refractivity contribution in [2.45, 2.75) is 19.4 Å². The summed E-state index contributed by atoms with van der Waals surface area (Å²) in [6.45, 7) is 1.91. The highest BCUT2D eigenvalue weighted by atomic mass is 16.5. The minimum absolute atomic E-state index is 0.0229. The molecule has 0 spiro atoms. The number of hydrogen-bond donors (Lipinski definition) is 2. The van der Waals surface area contributed by atoms with Crippen LogP contribution in [-0.2, 0) is 4.79 Å². The Kier molecular flexibility index (Phi) is 4.95. The number of aliphatic hydroxyl groups is 1. The zero-order valence-corrected chi connectivity index (χ0v) is 12.2. The summed E-state index contributed by atoms with van der Waals surface area (Å²) in [5.41, 5.74) is 2.37. The first-order valence-electron chi connectivity index (χ1n) is 6.77. The Morgan fingerprint density at radius 1 is 1.24 bits per heavy atom. The molecule has 2 aromatic rings. The summed E-state index contributed by atoms with van der Waals surface area (Å²) < 4.78 is 5.17. The van der Waals surface area contributed by atoms with Gasteiger partial charge in [-0.3, -0.25) is 4.79 Å². The van der Waals surface area contributed by atoms with Crippen LogP contribution in [-0.4, -0.2) is 18.1 Å². The van der Waals surface area contributed by atoms with Gasteiger partial charge in [0.1, 0.15) is 5.75 Å². The van der Waals surface area contributed by atoms with Crippen LogP contribution < -0.4 is 10.1 Å². The molecule has 0 aliphatic heterocycles. The molecule has 4 nitrogen and oxygen atoms in total. The van der Waals surface area contributed by atoms with Crippen molar-refractivity contribution in [1.82, 2.24) is 0 Å². The van der Waals surface area contributed by atoms with Gasteiger partial charge in [-0.05, 0) is 36.2 Å². The monoisotopic (exact) mass is 285 g/mol. The van der Waals surface area contributed by atoms with Crippen LogP contribution in [0.5, 0.6) is 5.75 Å². The Labute approximate surface area is 124 Å². The highest BCUT2D eigenvalue weighted by Gasteiger charge is 2.13. The molecule has 2 N–H and O–H groups in total. The van der Waals surface area contributed by atoms with Gasteiger partial charge in [0, 0.05) is 5.69 Å². The second-order valence-corrected chi connectivity index (χ2v) is 4.86. The van der Waals surface area contributed by atoms with Crippen molar-refractivity contribution in [3.05, 3.63) is 59.7 Å². The highest BCUT2D eigenvalue weighted by Crippen LogP contribution is 2.22. The Hall–Kier alpha value is -2.33. The van der Waals surface area contributed by atoms with Gasteiger partial charge < -0.3 is 15.2 Å². The zero-order valence-electron chi connectivity index (χ0n) is 12.2. The number of anilines is 1. The summed E-state index contributed by atoms with van der Waals surface area (Å²) in [7, 11) is 1.61. The SMILES string of the molecule is COc1ccc(NC(=O)CC(O)c2ccccc2)cc1C. The normalized spacial score (nSPS) is 11.8. The van der Waals surface area contributed by atoms with Gasteiger partial charge in [0.25, 0.3) is 0 Å². The van der Waals surface area contributed by atoms with E-state index >= 15 is 0 Å². The quantitative estimate of drug-likeness (QED) is 0.887. The lowest BCUT2D eigenvalue weighted by molar-refractivity contribution is -0.118. The Bertz CT molecular complexity index is 611. The predicted octanol–water partition coefficient (Wildman–Crippen LogP) is 3.07. The number of carbonyl (C=O) groups excluding carboxylic acids is 1. The Balaban J connectivity index is 1.97. The second-order valence-electron chi connectivity index (χ2n) is 4.86. The molecule has 1 unspecified atom stereocenters. The van der Waals surface area contributed by atoms with Crippen molar-refractivity contribution in [2.75, 3.05) is 12.4 Å². The number of benzene rings is 2. The molecule has 0 heterocycles. The molecule has 0 fully saturated rings. The van der Waals surface area contributed by atoms with Gasteiger partial charge >= 0.3 is 0 Å². The lowest BCUT2D eigenvalue weighted by atomic mass is 10.1. The molecule has 0 saturated carbocycles. The minimum Gasteiger partial charge on any atom is -0.496 e. The molecule has 0 aliphatic carbocycles. The van der Waals surface area contributed by atoms with E-state index in [1.165, 1.54) is 0 Å². The van der Waals surface area contributed by atoms with E-state index < -0.39 is 6.10 Å². The smallest absolute Gasteiger partial charge is 0.227 e. The van der Waals surface area contributed by atoms with E-state index in [0.717, 1.165) is 16.9 Å². The third kappa shape index (κ3) is 4.07. The third-order valence-electron chi connectivity index (χ3n) is 3.24. The van der Waals surface area contributed by atoms with Crippen LogP contribution in [0, 0.1) is 6.92 Å². The predicted molar refractivity (Wildman–Crippen MR) is 82.4 cm³/mol. The summed E-state index contributed by atoms with van der Waals surface area (Å²) >= 11 is 0. The minimum atomic E-state index is -0.800. The lowest BCUT2D eigenvalue weighted by Crippen LogP contribution is -2.15. The standard InChI is InChI=1S/C17H19NO3/c1-12-10-14(8-9-16(12)21-2)18-17(20)11-15(19)13-6-4-3-5-7-13/h3-10,15,19H,11H2,1-2H3,(H,18,20). The Morgan fingerprint density at radius 2 is 1.95 bits per heavy atom. The second kappa shape index (κ2) is 6.90. The van der Waals surface area contributed by atoms with Crippen molar-refractivity contribution < 1.29 is 14.6 Å². The molecule has 4 heteroatoms. The maximum Gasteiger partial charge on any atom is 0.227 e. The van der Waals surface area contributed by atoms with Gasteiger partial charge in [0.15, 0.2) is 0 Å². The van der Waals surface area contributed by atoms with Crippen molar-refractivity contribution in [1.29, 1.82) is 0 Å². The molecule has 1 amide bonds. The Morgan fingerprint density at radius 3 is 2.57 bits per heavy atom. The van der Waals surface area contributed by atoms with Crippen LogP contribution in [0.25, 0.3) is 0 Å². The van der Waals surface area contributed by atoms with Crippen LogP contribution >= 0.6 is 0 Å². The maximum atomic E-state index is 12.0. The number of methoxy groups -OCH3 is 1. The number of aryl methyl sites for hydroxylation is 1. The summed E-state index contributed by atoms with van der Waals surface area (Å²) in [6.07, 6.45) is -0.778. The van der Waals surface area contributed by atoms with Crippen LogP contribution in [0.1, 0.15) is 23.7 Å². The van der Waals surface area contributed by atoms with Crippen molar-refractivity contribution >= 4 is 11.6 Å². The molecular formula is C17H19NO3. The van der Waals surface area contributed by atoms with Crippen LogP contribution in [0.4, 0.5) is 5.69 Å². The van der Waals surface area contributed by atoms with E-state index in [1.54, 1.807) is 31.4 Å². The van der Waals surface area contributed by atoms with Crippen molar-refractivity contribution in [2.24, 2.45) is 0 Å². The van der Waals surface area contributed by atoms with Gasteiger partial charge in [-0.15, -0.1) is 0 Å². The molecule has 1 atom stereocenters. The molecule has 0 bridgehead atoms.